The lowest BCUT2D eigenvalue weighted by atomic mass is 10.1. The molecule has 1 aliphatic rings. The highest BCUT2D eigenvalue weighted by Crippen LogP contribution is 2.37. The van der Waals surface area contributed by atoms with Crippen LogP contribution in [0.15, 0.2) is 6.20 Å². The number of hydrogen-bond donors (Lipinski definition) is 1. The first-order valence-corrected chi connectivity index (χ1v) is 5.92. The van der Waals surface area contributed by atoms with Crippen LogP contribution < -0.4 is 10.1 Å². The molecule has 2 N–H and O–H groups in total. The number of halogens is 3. The van der Waals surface area contributed by atoms with Crippen LogP contribution >= 0.6 is 0 Å². The van der Waals surface area contributed by atoms with Crippen LogP contribution in [0.4, 0.5) is 13.2 Å². The van der Waals surface area contributed by atoms with E-state index < -0.39 is 18.4 Å². The molecule has 0 aromatic carbocycles. The van der Waals surface area contributed by atoms with Gasteiger partial charge < -0.3 is 24.5 Å². The van der Waals surface area contributed by atoms with Crippen molar-refractivity contribution in [3.05, 3.63) is 23.0 Å². The smallest absolute Gasteiger partial charge is 0.430 e. The van der Waals surface area contributed by atoms with Crippen LogP contribution in [0.2, 0.25) is 0 Å². The summed E-state index contributed by atoms with van der Waals surface area (Å²) in [6.45, 7) is 4.78. The van der Waals surface area contributed by atoms with E-state index in [1.165, 1.54) is 0 Å². The molecule has 0 bridgehead atoms. The third-order valence-electron chi connectivity index (χ3n) is 2.59. The van der Waals surface area contributed by atoms with Crippen molar-refractivity contribution in [2.75, 3.05) is 6.61 Å². The Morgan fingerprint density at radius 2 is 2.19 bits per heavy atom. The topological polar surface area (TPSA) is 93.0 Å². The summed E-state index contributed by atoms with van der Waals surface area (Å²) in [6.07, 6.45) is -3.76. The third-order valence-corrected chi connectivity index (χ3v) is 2.59. The Kier molecular flexibility index (Phi) is 5.50. The van der Waals surface area contributed by atoms with Crippen molar-refractivity contribution in [3.8, 4) is 5.75 Å². The highest BCUT2D eigenvalue weighted by Gasteiger charge is 2.31. The van der Waals surface area contributed by atoms with Gasteiger partial charge in [0, 0.05) is 13.5 Å². The average Bonchev–Trinajstić information content (AvgIpc) is 2.78. The maximum absolute atomic E-state index is 10.5. The zero-order valence-electron chi connectivity index (χ0n) is 11.3. The van der Waals surface area contributed by atoms with E-state index in [0.717, 1.165) is 16.8 Å². The van der Waals surface area contributed by atoms with Gasteiger partial charge in [0.25, 0.3) is 0 Å². The number of carbonyl (C=O) groups excluding carboxylic acids is 1. The normalized spacial score (nSPS) is 16.9. The van der Waals surface area contributed by atoms with Crippen molar-refractivity contribution in [1.29, 1.82) is 0 Å². The van der Waals surface area contributed by atoms with E-state index in [2.05, 4.69) is 4.98 Å². The molecule has 0 spiro atoms. The van der Waals surface area contributed by atoms with Crippen LogP contribution in [0.25, 0.3) is 0 Å². The van der Waals surface area contributed by atoms with Gasteiger partial charge in [0.15, 0.2) is 18.2 Å². The van der Waals surface area contributed by atoms with Crippen molar-refractivity contribution in [2.24, 2.45) is 0 Å². The van der Waals surface area contributed by atoms with Crippen molar-refractivity contribution in [2.45, 2.75) is 32.9 Å². The van der Waals surface area contributed by atoms with Gasteiger partial charge in [-0.1, -0.05) is 0 Å². The molecule has 0 amide bonds. The van der Waals surface area contributed by atoms with Gasteiger partial charge in [0.1, 0.15) is 5.97 Å². The maximum atomic E-state index is 10.5. The van der Waals surface area contributed by atoms with Crippen molar-refractivity contribution in [3.63, 3.8) is 0 Å². The minimum Gasteiger partial charge on any atom is -0.542 e. The highest BCUT2D eigenvalue weighted by atomic mass is 19.4. The van der Waals surface area contributed by atoms with Crippen molar-refractivity contribution < 1.29 is 42.6 Å². The fourth-order valence-electron chi connectivity index (χ4n) is 1.61. The standard InChI is InChI=1S/C10H13NO3.C2HF3O2/c1-3-13-10-8-7(5-14-10)4-11-6(2)9(8)12;3-2(4,5)1(6)7/h4,10,12H,3,5H2,1-2H3;(H,6,7). The predicted octanol–water partition coefficient (Wildman–Crippen LogP) is 0.379. The minimum atomic E-state index is -5.19. The Labute approximate surface area is 118 Å². The molecule has 1 aromatic heterocycles. The number of H-pyrrole nitrogens is 1. The molecule has 0 fully saturated rings. The molecule has 2 rings (SSSR count). The molecule has 1 unspecified atom stereocenters. The number of carboxylic acid groups (broad SMARTS) is 1. The fraction of sp³-hybridized carbons (Fsp3) is 0.500. The Hall–Kier alpha value is -1.87. The summed E-state index contributed by atoms with van der Waals surface area (Å²) < 4.78 is 42.3. The zero-order valence-corrected chi connectivity index (χ0v) is 11.3. The summed E-state index contributed by atoms with van der Waals surface area (Å²) in [5.74, 6) is -2.76. The molecule has 6 nitrogen and oxygen atoms in total. The summed E-state index contributed by atoms with van der Waals surface area (Å²) >= 11 is 0. The van der Waals surface area contributed by atoms with Crippen molar-refractivity contribution >= 4 is 5.97 Å². The number of aryl methyl sites for hydroxylation is 1. The van der Waals surface area contributed by atoms with Crippen LogP contribution in [0.5, 0.6) is 5.75 Å². The molecular weight excluding hydrogens is 295 g/mol. The van der Waals surface area contributed by atoms with Crippen molar-refractivity contribution in [1.82, 2.24) is 0 Å². The Bertz CT molecular complexity index is 516. The number of rotatable bonds is 2. The number of aromatic hydroxyl groups is 1. The number of pyridine rings is 1. The number of ether oxygens (including phenoxy) is 2. The molecule has 0 aliphatic carbocycles. The first-order chi connectivity index (χ1) is 9.68. The van der Waals surface area contributed by atoms with E-state index in [9.17, 15) is 18.3 Å². The number of fused-ring (bicyclic) bond motifs is 1. The Morgan fingerprint density at radius 3 is 2.67 bits per heavy atom. The number of hydrogen-bond acceptors (Lipinski definition) is 5. The van der Waals surface area contributed by atoms with Crippen LogP contribution in [0.3, 0.4) is 0 Å². The molecule has 0 saturated carbocycles. The second-order valence-corrected chi connectivity index (χ2v) is 4.08. The van der Waals surface area contributed by atoms with Crippen LogP contribution in [0, 0.1) is 6.92 Å². The lowest BCUT2D eigenvalue weighted by molar-refractivity contribution is -0.389. The summed E-state index contributed by atoms with van der Waals surface area (Å²) in [5, 5.41) is 18.6. The van der Waals surface area contributed by atoms with Crippen LogP contribution in [-0.4, -0.2) is 23.9 Å². The molecular formula is C12H14F3NO5. The number of aromatic nitrogens is 1. The van der Waals surface area contributed by atoms with Gasteiger partial charge in [0.2, 0.25) is 5.69 Å². The molecule has 21 heavy (non-hydrogen) atoms. The molecule has 0 saturated heterocycles. The minimum absolute atomic E-state index is 0.249. The SMILES string of the molecule is CCOC1OCc2c[nH+]c(C)c(O)c21.O=C([O-])C(F)(F)F. The molecule has 2 heterocycles. The van der Waals surface area contributed by atoms with E-state index in [4.69, 9.17) is 19.4 Å². The van der Waals surface area contributed by atoms with E-state index >= 15 is 0 Å². The number of aliphatic carboxylic acids is 1. The van der Waals surface area contributed by atoms with Gasteiger partial charge in [0.05, 0.1) is 17.7 Å². The molecule has 0 radical (unpaired) electrons. The monoisotopic (exact) mass is 309 g/mol. The number of aromatic amines is 1. The molecule has 9 heteroatoms. The lowest BCUT2D eigenvalue weighted by Crippen LogP contribution is -2.37. The second kappa shape index (κ2) is 6.72. The largest absolute Gasteiger partial charge is 0.542 e. The summed E-state index contributed by atoms with van der Waals surface area (Å²) in [4.78, 5) is 11.8. The number of carboxylic acids is 1. The number of alkyl halides is 3. The molecule has 1 aromatic rings. The fourth-order valence-corrected chi connectivity index (χ4v) is 1.61. The van der Waals surface area contributed by atoms with Gasteiger partial charge in [-0.2, -0.15) is 13.2 Å². The predicted molar refractivity (Wildman–Crippen MR) is 59.6 cm³/mol. The first kappa shape index (κ1) is 17.2. The van der Waals surface area contributed by atoms with E-state index in [-0.39, 0.29) is 5.75 Å². The highest BCUT2D eigenvalue weighted by molar-refractivity contribution is 5.70. The summed E-state index contributed by atoms with van der Waals surface area (Å²) in [7, 11) is 0. The van der Waals surface area contributed by atoms with Crippen LogP contribution in [-0.2, 0) is 20.9 Å². The Balaban J connectivity index is 0.000000270. The maximum Gasteiger partial charge on any atom is 0.430 e. The van der Waals surface area contributed by atoms with Gasteiger partial charge in [-0.15, -0.1) is 0 Å². The second-order valence-electron chi connectivity index (χ2n) is 4.08. The van der Waals surface area contributed by atoms with Gasteiger partial charge in [-0.25, -0.2) is 4.98 Å². The first-order valence-electron chi connectivity index (χ1n) is 5.92. The van der Waals surface area contributed by atoms with Gasteiger partial charge in [-0.05, 0) is 6.92 Å². The molecule has 118 valence electrons. The quantitative estimate of drug-likeness (QED) is 0.852. The van der Waals surface area contributed by atoms with Crippen LogP contribution in [0.1, 0.15) is 30.0 Å². The average molecular weight is 309 g/mol. The van der Waals surface area contributed by atoms with E-state index in [1.807, 2.05) is 20.0 Å². The Morgan fingerprint density at radius 1 is 1.62 bits per heavy atom. The summed E-state index contributed by atoms with van der Waals surface area (Å²) in [6, 6.07) is 0. The van der Waals surface area contributed by atoms with Gasteiger partial charge >= 0.3 is 6.18 Å². The third kappa shape index (κ3) is 4.30. The lowest BCUT2D eigenvalue weighted by Gasteiger charge is -2.11. The number of carbonyl (C=O) groups is 1. The van der Waals surface area contributed by atoms with E-state index in [0.29, 0.717) is 13.2 Å². The molecule has 1 atom stereocenters. The molecule has 1 aliphatic heterocycles. The van der Waals surface area contributed by atoms with E-state index in [1.54, 1.807) is 0 Å². The zero-order chi connectivity index (χ0) is 16.2. The van der Waals surface area contributed by atoms with Gasteiger partial charge in [-0.3, -0.25) is 0 Å². The summed E-state index contributed by atoms with van der Waals surface area (Å²) in [5.41, 5.74) is 2.47. The number of nitrogens with one attached hydrogen (secondary N) is 1.